The monoisotopic (exact) mass is 360 g/mol. The van der Waals surface area contributed by atoms with Crippen LogP contribution in [0.25, 0.3) is 0 Å². The molecule has 2 N–H and O–H groups in total. The van der Waals surface area contributed by atoms with Crippen molar-refractivity contribution >= 4 is 23.6 Å². The Kier molecular flexibility index (Phi) is 5.99. The van der Waals surface area contributed by atoms with Crippen molar-refractivity contribution in [2.75, 3.05) is 18.8 Å². The third-order valence-electron chi connectivity index (χ3n) is 3.99. The lowest BCUT2D eigenvalue weighted by atomic mass is 9.96. The first-order valence-corrected chi connectivity index (χ1v) is 9.15. The van der Waals surface area contributed by atoms with Crippen molar-refractivity contribution in [3.8, 4) is 0 Å². The molecule has 132 valence electrons. The summed E-state index contributed by atoms with van der Waals surface area (Å²) in [4.78, 5) is 30.4. The number of thioether (sulfide) groups is 1. The van der Waals surface area contributed by atoms with E-state index in [9.17, 15) is 9.59 Å². The molecule has 0 radical (unpaired) electrons. The van der Waals surface area contributed by atoms with Crippen LogP contribution in [0.2, 0.25) is 0 Å². The Balaban J connectivity index is 1.45. The minimum atomic E-state index is -0.168. The van der Waals surface area contributed by atoms with Crippen molar-refractivity contribution in [2.24, 2.45) is 5.92 Å². The summed E-state index contributed by atoms with van der Waals surface area (Å²) in [6.07, 6.45) is 4.35. The number of H-pyrrole nitrogens is 1. The third kappa shape index (κ3) is 5.02. The highest BCUT2D eigenvalue weighted by Crippen LogP contribution is 2.19. The maximum atomic E-state index is 12.4. The number of carbonyl (C=O) groups is 2. The topological polar surface area (TPSA) is 104 Å². The molecule has 1 saturated heterocycles. The molecule has 2 amide bonds. The molecule has 0 aliphatic carbocycles. The van der Waals surface area contributed by atoms with Gasteiger partial charge in [0.2, 0.25) is 11.8 Å². The maximum Gasteiger partial charge on any atom is 0.224 e. The van der Waals surface area contributed by atoms with Crippen molar-refractivity contribution in [3.05, 3.63) is 36.3 Å². The van der Waals surface area contributed by atoms with Crippen LogP contribution in [0.4, 0.5) is 0 Å². The van der Waals surface area contributed by atoms with E-state index in [0.29, 0.717) is 32.5 Å². The van der Waals surface area contributed by atoms with Gasteiger partial charge in [-0.15, -0.1) is 16.9 Å². The van der Waals surface area contributed by atoms with Crippen LogP contribution >= 0.6 is 11.8 Å². The maximum absolute atomic E-state index is 12.4. The minimum absolute atomic E-state index is 0.000673. The molecule has 1 aliphatic heterocycles. The van der Waals surface area contributed by atoms with Crippen LogP contribution in [-0.4, -0.2) is 56.0 Å². The molecular formula is C16H20N6O2S. The van der Waals surface area contributed by atoms with Gasteiger partial charge in [0.05, 0.1) is 24.4 Å². The summed E-state index contributed by atoms with van der Waals surface area (Å²) in [5.41, 5.74) is 0.834. The molecule has 3 rings (SSSR count). The number of nitrogens with one attached hydrogen (secondary N) is 2. The molecule has 1 atom stereocenters. The second-order valence-corrected chi connectivity index (χ2v) is 6.89. The Morgan fingerprint density at radius 3 is 3.12 bits per heavy atom. The Labute approximate surface area is 149 Å². The first kappa shape index (κ1) is 17.4. The fourth-order valence-electron chi connectivity index (χ4n) is 2.70. The molecule has 25 heavy (non-hydrogen) atoms. The van der Waals surface area contributed by atoms with E-state index in [1.165, 1.54) is 11.8 Å². The average molecular weight is 360 g/mol. The van der Waals surface area contributed by atoms with Crippen LogP contribution < -0.4 is 5.32 Å². The summed E-state index contributed by atoms with van der Waals surface area (Å²) in [7, 11) is 0. The highest BCUT2D eigenvalue weighted by atomic mass is 32.2. The number of aromatic nitrogens is 4. The first-order valence-electron chi connectivity index (χ1n) is 8.16. The highest BCUT2D eigenvalue weighted by molar-refractivity contribution is 7.99. The summed E-state index contributed by atoms with van der Waals surface area (Å²) in [5.74, 6) is 0.635. The molecule has 0 spiro atoms. The Morgan fingerprint density at radius 1 is 1.44 bits per heavy atom. The van der Waals surface area contributed by atoms with Crippen LogP contribution in [0, 0.1) is 5.92 Å². The molecule has 9 heteroatoms. The van der Waals surface area contributed by atoms with Crippen LogP contribution in [0.1, 0.15) is 18.5 Å². The molecule has 0 saturated carbocycles. The zero-order valence-electron chi connectivity index (χ0n) is 13.7. The normalized spacial score (nSPS) is 17.5. The van der Waals surface area contributed by atoms with Gasteiger partial charge in [0.1, 0.15) is 5.03 Å². The van der Waals surface area contributed by atoms with E-state index in [1.807, 2.05) is 18.2 Å². The second kappa shape index (κ2) is 8.61. The number of likely N-dealkylation sites (tertiary alicyclic amines) is 1. The van der Waals surface area contributed by atoms with E-state index < -0.39 is 0 Å². The molecule has 0 unspecified atom stereocenters. The van der Waals surface area contributed by atoms with Crippen molar-refractivity contribution in [1.29, 1.82) is 0 Å². The van der Waals surface area contributed by atoms with Gasteiger partial charge in [-0.25, -0.2) is 0 Å². The summed E-state index contributed by atoms with van der Waals surface area (Å²) in [5, 5.41) is 14.0. The van der Waals surface area contributed by atoms with Crippen molar-refractivity contribution in [3.63, 3.8) is 0 Å². The fourth-order valence-corrected chi connectivity index (χ4v) is 3.35. The largest absolute Gasteiger partial charge is 0.355 e. The van der Waals surface area contributed by atoms with Crippen molar-refractivity contribution < 1.29 is 9.59 Å². The number of aromatic amines is 1. The van der Waals surface area contributed by atoms with Gasteiger partial charge in [-0.05, 0) is 18.6 Å². The SMILES string of the molecule is O=C(NCCSc1cn[nH]n1)[C@H]1CCC(=O)N(Cc2ccccn2)C1. The predicted molar refractivity (Wildman–Crippen MR) is 92.5 cm³/mol. The Morgan fingerprint density at radius 2 is 2.36 bits per heavy atom. The molecule has 0 aromatic carbocycles. The minimum Gasteiger partial charge on any atom is -0.355 e. The van der Waals surface area contributed by atoms with E-state index in [0.717, 1.165) is 16.5 Å². The van der Waals surface area contributed by atoms with Crippen LogP contribution in [0.15, 0.2) is 35.6 Å². The van der Waals surface area contributed by atoms with Crippen molar-refractivity contribution in [2.45, 2.75) is 24.4 Å². The lowest BCUT2D eigenvalue weighted by molar-refractivity contribution is -0.138. The molecule has 8 nitrogen and oxygen atoms in total. The first-order chi connectivity index (χ1) is 12.2. The fraction of sp³-hybridized carbons (Fsp3) is 0.438. The van der Waals surface area contributed by atoms with Gasteiger partial charge in [-0.3, -0.25) is 14.6 Å². The quantitative estimate of drug-likeness (QED) is 0.560. The van der Waals surface area contributed by atoms with Crippen molar-refractivity contribution in [1.82, 2.24) is 30.6 Å². The average Bonchev–Trinajstić information content (AvgIpc) is 3.15. The van der Waals surface area contributed by atoms with Crippen LogP contribution in [0.3, 0.4) is 0 Å². The van der Waals surface area contributed by atoms with E-state index in [2.05, 4.69) is 25.7 Å². The Hall–Kier alpha value is -2.42. The Bertz CT molecular complexity index is 694. The predicted octanol–water partition coefficient (Wildman–Crippen LogP) is 0.847. The number of carbonyl (C=O) groups excluding carboxylic acids is 2. The zero-order chi connectivity index (χ0) is 17.5. The van der Waals surface area contributed by atoms with E-state index in [4.69, 9.17) is 0 Å². The summed E-state index contributed by atoms with van der Waals surface area (Å²) in [6.45, 7) is 1.45. The van der Waals surface area contributed by atoms with Gasteiger partial charge < -0.3 is 10.2 Å². The van der Waals surface area contributed by atoms with Gasteiger partial charge >= 0.3 is 0 Å². The molecule has 2 aromatic heterocycles. The number of hydrogen-bond acceptors (Lipinski definition) is 6. The zero-order valence-corrected chi connectivity index (χ0v) is 14.5. The second-order valence-electron chi connectivity index (χ2n) is 5.78. The highest BCUT2D eigenvalue weighted by Gasteiger charge is 2.30. The number of hydrogen-bond donors (Lipinski definition) is 2. The molecule has 3 heterocycles. The van der Waals surface area contributed by atoms with Gasteiger partial charge in [-0.2, -0.15) is 10.3 Å². The summed E-state index contributed by atoms with van der Waals surface area (Å²) in [6, 6.07) is 5.63. The van der Waals surface area contributed by atoms with Crippen LogP contribution in [0.5, 0.6) is 0 Å². The molecule has 2 aromatic rings. The smallest absolute Gasteiger partial charge is 0.224 e. The van der Waals surface area contributed by atoms with E-state index in [-0.39, 0.29) is 17.7 Å². The van der Waals surface area contributed by atoms with E-state index in [1.54, 1.807) is 17.3 Å². The van der Waals surface area contributed by atoms with Gasteiger partial charge in [0, 0.05) is 31.5 Å². The molecule has 1 fully saturated rings. The van der Waals surface area contributed by atoms with Gasteiger partial charge in [0.15, 0.2) is 0 Å². The number of rotatable bonds is 7. The number of nitrogens with zero attached hydrogens (tertiary/aromatic N) is 4. The number of piperidine rings is 1. The number of pyridine rings is 1. The third-order valence-corrected chi connectivity index (χ3v) is 4.89. The van der Waals surface area contributed by atoms with Gasteiger partial charge in [-0.1, -0.05) is 6.07 Å². The molecule has 0 bridgehead atoms. The van der Waals surface area contributed by atoms with E-state index >= 15 is 0 Å². The lowest BCUT2D eigenvalue weighted by Crippen LogP contribution is -2.45. The molecule has 1 aliphatic rings. The standard InChI is InChI=1S/C16H20N6O2S/c23-15-5-4-12(10-22(15)11-13-3-1-2-6-17-13)16(24)18-7-8-25-14-9-19-21-20-14/h1-3,6,9,12H,4-5,7-8,10-11H2,(H,18,24)(H,19,20,21)/t12-/m0/s1. The summed E-state index contributed by atoms with van der Waals surface area (Å²) >= 11 is 1.53. The summed E-state index contributed by atoms with van der Waals surface area (Å²) < 4.78 is 0. The van der Waals surface area contributed by atoms with Gasteiger partial charge in [0.25, 0.3) is 0 Å². The van der Waals surface area contributed by atoms with Crippen LogP contribution in [-0.2, 0) is 16.1 Å². The number of amides is 2. The lowest BCUT2D eigenvalue weighted by Gasteiger charge is -2.31. The molecular weight excluding hydrogens is 340 g/mol.